The van der Waals surface area contributed by atoms with Gasteiger partial charge < -0.3 is 5.32 Å². The Bertz CT molecular complexity index is 552. The molecule has 2 rings (SSSR count). The Balaban J connectivity index is 2.05. The number of rotatable bonds is 5. The van der Waals surface area contributed by atoms with Crippen molar-refractivity contribution in [2.75, 3.05) is 6.54 Å². The van der Waals surface area contributed by atoms with Gasteiger partial charge in [-0.1, -0.05) is 20.3 Å². The van der Waals surface area contributed by atoms with Crippen LogP contribution in [-0.4, -0.2) is 28.7 Å². The van der Waals surface area contributed by atoms with Crippen LogP contribution in [0.15, 0.2) is 0 Å². The average Bonchev–Trinajstić information content (AvgIpc) is 2.86. The highest BCUT2D eigenvalue weighted by Gasteiger charge is 2.34. The third-order valence-corrected chi connectivity index (χ3v) is 4.91. The quantitative estimate of drug-likeness (QED) is 0.906. The van der Waals surface area contributed by atoms with Crippen LogP contribution in [0.1, 0.15) is 54.9 Å². The number of hydrogen-bond acceptors (Lipinski definition) is 2. The lowest BCUT2D eigenvalue weighted by atomic mass is 9.82. The molecule has 1 N–H and O–H groups in total. The SMILES string of the molecule is Cc1nn(CC(F)F)c(C)c1C(=O)NCC1CCCC1(C)C. The van der Waals surface area contributed by atoms with Gasteiger partial charge in [-0.2, -0.15) is 5.10 Å². The van der Waals surface area contributed by atoms with Crippen molar-refractivity contribution in [3.63, 3.8) is 0 Å². The summed E-state index contributed by atoms with van der Waals surface area (Å²) in [7, 11) is 0. The Morgan fingerprint density at radius 2 is 2.14 bits per heavy atom. The first-order valence-electron chi connectivity index (χ1n) is 7.82. The summed E-state index contributed by atoms with van der Waals surface area (Å²) in [5, 5.41) is 7.02. The van der Waals surface area contributed by atoms with Gasteiger partial charge in [0.2, 0.25) is 0 Å². The molecule has 6 heteroatoms. The summed E-state index contributed by atoms with van der Waals surface area (Å²) in [5.41, 5.74) is 1.68. The highest BCUT2D eigenvalue weighted by atomic mass is 19.3. The minimum absolute atomic E-state index is 0.210. The van der Waals surface area contributed by atoms with Gasteiger partial charge in [-0.25, -0.2) is 8.78 Å². The lowest BCUT2D eigenvalue weighted by Crippen LogP contribution is -2.34. The van der Waals surface area contributed by atoms with Crippen LogP contribution in [-0.2, 0) is 6.54 Å². The summed E-state index contributed by atoms with van der Waals surface area (Å²) >= 11 is 0. The van der Waals surface area contributed by atoms with E-state index in [0.29, 0.717) is 29.4 Å². The highest BCUT2D eigenvalue weighted by molar-refractivity contribution is 5.96. The van der Waals surface area contributed by atoms with Gasteiger partial charge in [-0.3, -0.25) is 9.48 Å². The van der Waals surface area contributed by atoms with E-state index in [0.717, 1.165) is 6.42 Å². The summed E-state index contributed by atoms with van der Waals surface area (Å²) in [6.45, 7) is 7.96. The fraction of sp³-hybridized carbons (Fsp3) is 0.750. The monoisotopic (exact) mass is 313 g/mol. The van der Waals surface area contributed by atoms with E-state index in [1.807, 2.05) is 0 Å². The Kier molecular flexibility index (Phi) is 4.87. The zero-order valence-electron chi connectivity index (χ0n) is 13.7. The first-order valence-corrected chi connectivity index (χ1v) is 7.82. The summed E-state index contributed by atoms with van der Waals surface area (Å²) in [6, 6.07) is 0. The standard InChI is InChI=1S/C16H25F2N3O/c1-10-14(11(2)21(20-10)9-13(17)18)15(22)19-8-12-6-5-7-16(12,3)4/h12-13H,5-9H2,1-4H3,(H,19,22). The van der Waals surface area contributed by atoms with E-state index in [1.165, 1.54) is 17.5 Å². The van der Waals surface area contributed by atoms with Crippen LogP contribution in [0.25, 0.3) is 0 Å². The van der Waals surface area contributed by atoms with Gasteiger partial charge in [0.1, 0.15) is 6.54 Å². The Morgan fingerprint density at radius 1 is 1.45 bits per heavy atom. The first-order chi connectivity index (χ1) is 10.2. The molecule has 0 aromatic carbocycles. The van der Waals surface area contributed by atoms with Crippen molar-refractivity contribution in [3.05, 3.63) is 17.0 Å². The molecule has 0 spiro atoms. The Labute approximate surface area is 130 Å². The van der Waals surface area contributed by atoms with Crippen molar-refractivity contribution in [1.29, 1.82) is 0 Å². The van der Waals surface area contributed by atoms with Gasteiger partial charge in [0, 0.05) is 12.2 Å². The topological polar surface area (TPSA) is 46.9 Å². The molecule has 22 heavy (non-hydrogen) atoms. The molecule has 0 bridgehead atoms. The Hall–Kier alpha value is -1.46. The van der Waals surface area contributed by atoms with Gasteiger partial charge in [-0.15, -0.1) is 0 Å². The third kappa shape index (κ3) is 3.47. The minimum Gasteiger partial charge on any atom is -0.352 e. The van der Waals surface area contributed by atoms with Gasteiger partial charge in [0.15, 0.2) is 0 Å². The number of halogens is 2. The number of carbonyl (C=O) groups is 1. The molecule has 0 radical (unpaired) electrons. The summed E-state index contributed by atoms with van der Waals surface area (Å²) < 4.78 is 26.3. The molecule has 124 valence electrons. The molecule has 1 aromatic rings. The maximum Gasteiger partial charge on any atom is 0.257 e. The molecule has 0 aliphatic heterocycles. The fourth-order valence-electron chi connectivity index (χ4n) is 3.42. The molecule has 1 aliphatic rings. The van der Waals surface area contributed by atoms with Crippen molar-refractivity contribution in [1.82, 2.24) is 15.1 Å². The molecule has 1 unspecified atom stereocenters. The van der Waals surface area contributed by atoms with E-state index in [2.05, 4.69) is 24.3 Å². The number of alkyl halides is 2. The number of aryl methyl sites for hydroxylation is 1. The van der Waals surface area contributed by atoms with Gasteiger partial charge in [0.05, 0.1) is 11.3 Å². The molecule has 1 heterocycles. The maximum atomic E-state index is 12.5. The zero-order chi connectivity index (χ0) is 16.5. The van der Waals surface area contributed by atoms with Gasteiger partial charge in [-0.05, 0) is 38.0 Å². The molecule has 1 atom stereocenters. The van der Waals surface area contributed by atoms with E-state index >= 15 is 0 Å². The van der Waals surface area contributed by atoms with Crippen LogP contribution < -0.4 is 5.32 Å². The summed E-state index contributed by atoms with van der Waals surface area (Å²) in [4.78, 5) is 12.4. The smallest absolute Gasteiger partial charge is 0.257 e. The second-order valence-corrected chi connectivity index (χ2v) is 6.91. The highest BCUT2D eigenvalue weighted by Crippen LogP contribution is 2.42. The second kappa shape index (κ2) is 6.34. The fourth-order valence-corrected chi connectivity index (χ4v) is 3.42. The zero-order valence-corrected chi connectivity index (χ0v) is 13.7. The molecule has 1 fully saturated rings. The van der Waals surface area contributed by atoms with Crippen molar-refractivity contribution in [3.8, 4) is 0 Å². The molecule has 1 amide bonds. The predicted octanol–water partition coefficient (Wildman–Crippen LogP) is 3.32. The lowest BCUT2D eigenvalue weighted by Gasteiger charge is -2.27. The van der Waals surface area contributed by atoms with E-state index < -0.39 is 13.0 Å². The van der Waals surface area contributed by atoms with Gasteiger partial charge >= 0.3 is 0 Å². The Morgan fingerprint density at radius 3 is 2.68 bits per heavy atom. The van der Waals surface area contributed by atoms with E-state index in [1.54, 1.807) is 13.8 Å². The number of nitrogens with one attached hydrogen (secondary N) is 1. The maximum absolute atomic E-state index is 12.5. The van der Waals surface area contributed by atoms with Crippen LogP contribution in [0.4, 0.5) is 8.78 Å². The van der Waals surface area contributed by atoms with E-state index in [-0.39, 0.29) is 11.3 Å². The van der Waals surface area contributed by atoms with E-state index in [9.17, 15) is 13.6 Å². The van der Waals surface area contributed by atoms with Crippen molar-refractivity contribution in [2.24, 2.45) is 11.3 Å². The van der Waals surface area contributed by atoms with Crippen molar-refractivity contribution < 1.29 is 13.6 Å². The average molecular weight is 313 g/mol. The van der Waals surface area contributed by atoms with Crippen molar-refractivity contribution in [2.45, 2.75) is 59.9 Å². The summed E-state index contributed by atoms with van der Waals surface area (Å²) in [6.07, 6.45) is 1.01. The summed E-state index contributed by atoms with van der Waals surface area (Å²) in [5.74, 6) is 0.256. The number of aromatic nitrogens is 2. The normalized spacial score (nSPS) is 20.6. The van der Waals surface area contributed by atoms with Crippen molar-refractivity contribution >= 4 is 5.91 Å². The molecule has 4 nitrogen and oxygen atoms in total. The molecular weight excluding hydrogens is 288 g/mol. The second-order valence-electron chi connectivity index (χ2n) is 6.91. The molecule has 1 aliphatic carbocycles. The lowest BCUT2D eigenvalue weighted by molar-refractivity contribution is 0.0934. The van der Waals surface area contributed by atoms with Crippen LogP contribution in [0.2, 0.25) is 0 Å². The number of carbonyl (C=O) groups excluding carboxylic acids is 1. The largest absolute Gasteiger partial charge is 0.352 e. The number of nitrogens with zero attached hydrogens (tertiary/aromatic N) is 2. The molecule has 1 aromatic heterocycles. The van der Waals surface area contributed by atoms with Gasteiger partial charge in [0.25, 0.3) is 12.3 Å². The molecule has 1 saturated carbocycles. The predicted molar refractivity (Wildman–Crippen MR) is 81.2 cm³/mol. The molecule has 0 saturated heterocycles. The van der Waals surface area contributed by atoms with Crippen LogP contribution >= 0.6 is 0 Å². The minimum atomic E-state index is -2.48. The van der Waals surface area contributed by atoms with Crippen LogP contribution in [0, 0.1) is 25.2 Å². The molecular formula is C16H25F2N3O. The third-order valence-electron chi connectivity index (χ3n) is 4.91. The van der Waals surface area contributed by atoms with Crippen LogP contribution in [0.5, 0.6) is 0 Å². The first kappa shape index (κ1) is 16.9. The number of hydrogen-bond donors (Lipinski definition) is 1. The van der Waals surface area contributed by atoms with E-state index in [4.69, 9.17) is 0 Å². The van der Waals surface area contributed by atoms with Crippen LogP contribution in [0.3, 0.4) is 0 Å². The number of amides is 1.